The topological polar surface area (TPSA) is 101 Å². The van der Waals surface area contributed by atoms with E-state index in [1.54, 1.807) is 38.1 Å². The Balaban J connectivity index is 2.59. The molecule has 1 unspecified atom stereocenters. The van der Waals surface area contributed by atoms with E-state index in [1.807, 2.05) is 0 Å². The SMILES string of the molecule is C/C=C/CC(NC(=O)CCc1ccc(S(=O)(=O)CC)cc1)C(=O)O. The maximum absolute atomic E-state index is 11.9. The van der Waals surface area contributed by atoms with Crippen LogP contribution in [0.4, 0.5) is 0 Å². The lowest BCUT2D eigenvalue weighted by Crippen LogP contribution is -2.40. The average molecular weight is 353 g/mol. The second-order valence-electron chi connectivity index (χ2n) is 5.31. The zero-order valence-electron chi connectivity index (χ0n) is 13.9. The highest BCUT2D eigenvalue weighted by atomic mass is 32.2. The predicted molar refractivity (Wildman–Crippen MR) is 91.5 cm³/mol. The zero-order valence-corrected chi connectivity index (χ0v) is 14.7. The molecule has 1 atom stereocenters. The highest BCUT2D eigenvalue weighted by Gasteiger charge is 2.18. The number of carbonyl (C=O) groups excluding carboxylic acids is 1. The quantitative estimate of drug-likeness (QED) is 0.661. The van der Waals surface area contributed by atoms with Crippen molar-refractivity contribution in [2.75, 3.05) is 5.75 Å². The fraction of sp³-hybridized carbons (Fsp3) is 0.412. The van der Waals surface area contributed by atoms with Crippen LogP contribution in [0.3, 0.4) is 0 Å². The molecule has 7 heteroatoms. The number of hydrogen-bond acceptors (Lipinski definition) is 4. The van der Waals surface area contributed by atoms with Crippen molar-refractivity contribution >= 4 is 21.7 Å². The number of carboxylic acids is 1. The lowest BCUT2D eigenvalue weighted by molar-refractivity contribution is -0.141. The summed E-state index contributed by atoms with van der Waals surface area (Å²) in [7, 11) is -3.23. The fourth-order valence-electron chi connectivity index (χ4n) is 2.05. The molecule has 0 aliphatic carbocycles. The molecule has 24 heavy (non-hydrogen) atoms. The second-order valence-corrected chi connectivity index (χ2v) is 7.59. The van der Waals surface area contributed by atoms with Gasteiger partial charge in [0.1, 0.15) is 6.04 Å². The summed E-state index contributed by atoms with van der Waals surface area (Å²) < 4.78 is 23.4. The summed E-state index contributed by atoms with van der Waals surface area (Å²) in [6.07, 6.45) is 4.20. The van der Waals surface area contributed by atoms with Crippen molar-refractivity contribution < 1.29 is 23.1 Å². The van der Waals surface area contributed by atoms with Crippen LogP contribution < -0.4 is 5.32 Å². The highest BCUT2D eigenvalue weighted by Crippen LogP contribution is 2.13. The van der Waals surface area contributed by atoms with Gasteiger partial charge in [-0.05, 0) is 37.5 Å². The van der Waals surface area contributed by atoms with Crippen molar-refractivity contribution in [2.24, 2.45) is 0 Å². The number of hydrogen-bond donors (Lipinski definition) is 2. The molecule has 0 spiro atoms. The Hall–Kier alpha value is -2.15. The highest BCUT2D eigenvalue weighted by molar-refractivity contribution is 7.91. The molecular formula is C17H23NO5S. The minimum Gasteiger partial charge on any atom is -0.480 e. The molecule has 1 aromatic carbocycles. The third kappa shape index (κ3) is 6.16. The Morgan fingerprint density at radius 1 is 1.25 bits per heavy atom. The van der Waals surface area contributed by atoms with Crippen LogP contribution >= 0.6 is 0 Å². The van der Waals surface area contributed by atoms with E-state index < -0.39 is 21.8 Å². The molecule has 0 fully saturated rings. The van der Waals surface area contributed by atoms with Crippen LogP contribution in [-0.4, -0.2) is 37.2 Å². The molecule has 1 amide bonds. The van der Waals surface area contributed by atoms with Crippen molar-refractivity contribution in [3.05, 3.63) is 42.0 Å². The molecule has 0 bridgehead atoms. The smallest absolute Gasteiger partial charge is 0.326 e. The third-order valence-corrected chi connectivity index (χ3v) is 5.29. The van der Waals surface area contributed by atoms with Crippen LogP contribution in [-0.2, 0) is 25.8 Å². The van der Waals surface area contributed by atoms with E-state index in [0.717, 1.165) is 5.56 Å². The van der Waals surface area contributed by atoms with Gasteiger partial charge in [0.15, 0.2) is 9.84 Å². The van der Waals surface area contributed by atoms with Gasteiger partial charge in [-0.15, -0.1) is 0 Å². The predicted octanol–water partition coefficient (Wildman–Crippen LogP) is 1.95. The van der Waals surface area contributed by atoms with Gasteiger partial charge in [-0.2, -0.15) is 0 Å². The summed E-state index contributed by atoms with van der Waals surface area (Å²) in [6, 6.07) is 5.45. The summed E-state index contributed by atoms with van der Waals surface area (Å²) in [6.45, 7) is 3.36. The van der Waals surface area contributed by atoms with E-state index in [0.29, 0.717) is 6.42 Å². The van der Waals surface area contributed by atoms with E-state index in [9.17, 15) is 18.0 Å². The number of benzene rings is 1. The lowest BCUT2D eigenvalue weighted by atomic mass is 10.1. The van der Waals surface area contributed by atoms with Gasteiger partial charge in [-0.3, -0.25) is 4.79 Å². The van der Waals surface area contributed by atoms with E-state index in [1.165, 1.54) is 12.1 Å². The maximum Gasteiger partial charge on any atom is 0.326 e. The fourth-order valence-corrected chi connectivity index (χ4v) is 2.93. The Morgan fingerprint density at radius 3 is 2.38 bits per heavy atom. The van der Waals surface area contributed by atoms with Crippen molar-refractivity contribution in [2.45, 2.75) is 44.0 Å². The Morgan fingerprint density at radius 2 is 1.88 bits per heavy atom. The first-order chi connectivity index (χ1) is 11.3. The molecular weight excluding hydrogens is 330 g/mol. The Kier molecular flexibility index (Phi) is 7.64. The third-order valence-electron chi connectivity index (χ3n) is 3.54. The monoisotopic (exact) mass is 353 g/mol. The van der Waals surface area contributed by atoms with Crippen molar-refractivity contribution in [1.82, 2.24) is 5.32 Å². The van der Waals surface area contributed by atoms with Gasteiger partial charge in [-0.25, -0.2) is 13.2 Å². The molecule has 0 saturated carbocycles. The average Bonchev–Trinajstić information content (AvgIpc) is 2.56. The number of sulfone groups is 1. The first-order valence-electron chi connectivity index (χ1n) is 7.75. The van der Waals surface area contributed by atoms with Crippen LogP contribution in [0.1, 0.15) is 32.3 Å². The minimum atomic E-state index is -3.23. The Bertz CT molecular complexity index is 692. The van der Waals surface area contributed by atoms with Crippen LogP contribution in [0.15, 0.2) is 41.3 Å². The lowest BCUT2D eigenvalue weighted by Gasteiger charge is -2.12. The van der Waals surface area contributed by atoms with Crippen molar-refractivity contribution in [3.8, 4) is 0 Å². The summed E-state index contributed by atoms with van der Waals surface area (Å²) in [5.74, 6) is -1.38. The minimum absolute atomic E-state index is 0.0392. The first kappa shape index (κ1) is 19.9. The number of aliphatic carboxylic acids is 1. The maximum atomic E-state index is 11.9. The van der Waals surface area contributed by atoms with E-state index in [-0.39, 0.29) is 29.4 Å². The van der Waals surface area contributed by atoms with Crippen LogP contribution in [0.2, 0.25) is 0 Å². The molecule has 1 aromatic rings. The molecule has 0 aliphatic rings. The molecule has 1 rings (SSSR count). The number of carbonyl (C=O) groups is 2. The van der Waals surface area contributed by atoms with Gasteiger partial charge < -0.3 is 10.4 Å². The largest absolute Gasteiger partial charge is 0.480 e. The van der Waals surface area contributed by atoms with Crippen LogP contribution in [0.25, 0.3) is 0 Å². The normalized spacial score (nSPS) is 12.9. The molecule has 0 saturated heterocycles. The van der Waals surface area contributed by atoms with E-state index in [2.05, 4.69) is 5.32 Å². The summed E-state index contributed by atoms with van der Waals surface area (Å²) in [4.78, 5) is 23.2. The van der Waals surface area contributed by atoms with E-state index >= 15 is 0 Å². The summed E-state index contributed by atoms with van der Waals surface area (Å²) in [5, 5.41) is 11.5. The molecule has 0 aromatic heterocycles. The van der Waals surface area contributed by atoms with Gasteiger partial charge in [0, 0.05) is 6.42 Å². The molecule has 0 radical (unpaired) electrons. The van der Waals surface area contributed by atoms with Gasteiger partial charge in [0.05, 0.1) is 10.6 Å². The van der Waals surface area contributed by atoms with E-state index in [4.69, 9.17) is 5.11 Å². The van der Waals surface area contributed by atoms with Gasteiger partial charge >= 0.3 is 5.97 Å². The molecule has 2 N–H and O–H groups in total. The van der Waals surface area contributed by atoms with Crippen molar-refractivity contribution in [1.29, 1.82) is 0 Å². The number of allylic oxidation sites excluding steroid dienone is 1. The zero-order chi connectivity index (χ0) is 18.2. The first-order valence-corrected chi connectivity index (χ1v) is 9.40. The van der Waals surface area contributed by atoms with Crippen LogP contribution in [0.5, 0.6) is 0 Å². The standard InChI is InChI=1S/C17H23NO5S/c1-3-5-6-15(17(20)21)18-16(19)12-9-13-7-10-14(11-8-13)24(22,23)4-2/h3,5,7-8,10-11,15H,4,6,9,12H2,1-2H3,(H,18,19)(H,20,21)/b5-3+. The summed E-state index contributed by atoms with van der Waals surface area (Å²) in [5.41, 5.74) is 0.820. The van der Waals surface area contributed by atoms with Gasteiger partial charge in [-0.1, -0.05) is 31.2 Å². The Labute approximate surface area is 142 Å². The molecule has 6 nitrogen and oxygen atoms in total. The number of nitrogens with one attached hydrogen (secondary N) is 1. The molecule has 0 aliphatic heterocycles. The van der Waals surface area contributed by atoms with Gasteiger partial charge in [0.25, 0.3) is 0 Å². The number of amides is 1. The number of aryl methyl sites for hydroxylation is 1. The van der Waals surface area contributed by atoms with Crippen LogP contribution in [0, 0.1) is 0 Å². The van der Waals surface area contributed by atoms with Crippen molar-refractivity contribution in [3.63, 3.8) is 0 Å². The van der Waals surface area contributed by atoms with Gasteiger partial charge in [0.2, 0.25) is 5.91 Å². The second kappa shape index (κ2) is 9.22. The number of rotatable bonds is 9. The molecule has 0 heterocycles. The number of carboxylic acid groups (broad SMARTS) is 1. The summed E-state index contributed by atoms with van der Waals surface area (Å²) >= 11 is 0. The molecule has 132 valence electrons.